The lowest BCUT2D eigenvalue weighted by Crippen LogP contribution is -2.46. The highest BCUT2D eigenvalue weighted by Gasteiger charge is 2.24. The van der Waals surface area contributed by atoms with Gasteiger partial charge in [-0.25, -0.2) is 4.79 Å². The number of nitrogens with two attached hydrogens (primary N) is 1. The minimum atomic E-state index is -0.592. The van der Waals surface area contributed by atoms with Crippen LogP contribution < -0.4 is 21.9 Å². The molecule has 0 aromatic carbocycles. The van der Waals surface area contributed by atoms with Gasteiger partial charge in [-0.1, -0.05) is 0 Å². The Kier molecular flexibility index (Phi) is 5.82. The molecular formula is C23H29N5O4. The molecule has 9 heteroatoms. The maximum atomic E-state index is 13.3. The van der Waals surface area contributed by atoms with Gasteiger partial charge in [-0.05, 0) is 51.3 Å². The lowest BCUT2D eigenvalue weighted by Gasteiger charge is -2.29. The Labute approximate surface area is 185 Å². The van der Waals surface area contributed by atoms with Gasteiger partial charge in [-0.2, -0.15) is 0 Å². The summed E-state index contributed by atoms with van der Waals surface area (Å²) in [4.78, 5) is 41.2. The van der Waals surface area contributed by atoms with Crippen molar-refractivity contribution in [2.75, 3.05) is 23.7 Å². The number of anilines is 2. The summed E-state index contributed by atoms with van der Waals surface area (Å²) < 4.78 is 9.66. The maximum absolute atomic E-state index is 13.3. The van der Waals surface area contributed by atoms with Gasteiger partial charge >= 0.3 is 5.69 Å². The van der Waals surface area contributed by atoms with Crippen LogP contribution in [0.2, 0.25) is 0 Å². The molecule has 4 rings (SSSR count). The number of aromatic nitrogens is 3. The molecular weight excluding hydrogens is 410 g/mol. The summed E-state index contributed by atoms with van der Waals surface area (Å²) >= 11 is 0. The molecule has 1 fully saturated rings. The van der Waals surface area contributed by atoms with Crippen LogP contribution in [0.25, 0.3) is 0 Å². The van der Waals surface area contributed by atoms with E-state index in [0.717, 1.165) is 41.0 Å². The molecule has 1 aliphatic rings. The van der Waals surface area contributed by atoms with E-state index in [4.69, 9.17) is 10.2 Å². The SMILES string of the molecule is Cc1cc(C(=O)Cn2c(=O)c(N3CCCCC3)c(N)n(C)c2=O)c(C)n1Cc1ccco1. The number of Topliss-reactive ketones (excluding diaryl/α,β-unsaturated/α-hetero) is 1. The zero-order valence-electron chi connectivity index (χ0n) is 18.8. The predicted molar refractivity (Wildman–Crippen MR) is 122 cm³/mol. The molecule has 4 heterocycles. The van der Waals surface area contributed by atoms with Gasteiger partial charge < -0.3 is 19.6 Å². The minimum absolute atomic E-state index is 0.141. The highest BCUT2D eigenvalue weighted by atomic mass is 16.3. The largest absolute Gasteiger partial charge is 0.467 e. The molecule has 0 radical (unpaired) electrons. The first-order chi connectivity index (χ1) is 15.3. The Morgan fingerprint density at radius 2 is 1.84 bits per heavy atom. The second kappa shape index (κ2) is 8.57. The number of nitrogens with zero attached hydrogens (tertiary/aromatic N) is 4. The molecule has 0 aliphatic carbocycles. The van der Waals surface area contributed by atoms with Gasteiger partial charge in [0.15, 0.2) is 5.78 Å². The molecule has 0 bridgehead atoms. The molecule has 2 N–H and O–H groups in total. The molecule has 0 saturated carbocycles. The fraction of sp³-hybridized carbons (Fsp3) is 0.435. The summed E-state index contributed by atoms with van der Waals surface area (Å²) in [5.74, 6) is 0.625. The maximum Gasteiger partial charge on any atom is 0.332 e. The first-order valence-corrected chi connectivity index (χ1v) is 10.9. The van der Waals surface area contributed by atoms with E-state index in [-0.39, 0.29) is 18.1 Å². The normalized spacial score (nSPS) is 14.2. The van der Waals surface area contributed by atoms with Crippen LogP contribution in [-0.2, 0) is 20.1 Å². The van der Waals surface area contributed by atoms with Gasteiger partial charge in [0.1, 0.15) is 17.3 Å². The van der Waals surface area contributed by atoms with E-state index in [2.05, 4.69) is 0 Å². The molecule has 1 saturated heterocycles. The number of hydrogen-bond acceptors (Lipinski definition) is 6. The van der Waals surface area contributed by atoms with Crippen molar-refractivity contribution in [2.45, 2.75) is 46.2 Å². The lowest BCUT2D eigenvalue weighted by atomic mass is 10.1. The first kappa shape index (κ1) is 21.7. The number of carbonyl (C=O) groups is 1. The van der Waals surface area contributed by atoms with Gasteiger partial charge in [-0.15, -0.1) is 0 Å². The van der Waals surface area contributed by atoms with Crippen molar-refractivity contribution in [3.63, 3.8) is 0 Å². The summed E-state index contributed by atoms with van der Waals surface area (Å²) in [5, 5.41) is 0. The van der Waals surface area contributed by atoms with Crippen molar-refractivity contribution in [1.29, 1.82) is 0 Å². The molecule has 1 aliphatic heterocycles. The van der Waals surface area contributed by atoms with E-state index in [1.165, 1.54) is 11.6 Å². The highest BCUT2D eigenvalue weighted by Crippen LogP contribution is 2.22. The van der Waals surface area contributed by atoms with Crippen LogP contribution in [0.4, 0.5) is 11.5 Å². The zero-order chi connectivity index (χ0) is 23.0. The molecule has 3 aromatic rings. The smallest absolute Gasteiger partial charge is 0.332 e. The van der Waals surface area contributed by atoms with E-state index in [1.54, 1.807) is 12.3 Å². The van der Waals surface area contributed by atoms with E-state index in [1.807, 2.05) is 35.4 Å². The molecule has 0 spiro atoms. The Morgan fingerprint density at radius 1 is 1.12 bits per heavy atom. The number of carbonyl (C=O) groups excluding carboxylic acids is 1. The van der Waals surface area contributed by atoms with Crippen molar-refractivity contribution in [2.24, 2.45) is 7.05 Å². The van der Waals surface area contributed by atoms with Crippen LogP contribution in [0, 0.1) is 13.8 Å². The van der Waals surface area contributed by atoms with Gasteiger partial charge in [0.05, 0.1) is 19.4 Å². The fourth-order valence-electron chi connectivity index (χ4n) is 4.44. The van der Waals surface area contributed by atoms with Gasteiger partial charge in [-0.3, -0.25) is 18.7 Å². The fourth-order valence-corrected chi connectivity index (χ4v) is 4.44. The Morgan fingerprint density at radius 3 is 2.50 bits per heavy atom. The number of nitrogen functional groups attached to an aromatic ring is 1. The molecule has 0 unspecified atom stereocenters. The van der Waals surface area contributed by atoms with Gasteiger partial charge in [0.2, 0.25) is 0 Å². The van der Waals surface area contributed by atoms with Crippen molar-refractivity contribution >= 4 is 17.3 Å². The third-order valence-electron chi connectivity index (χ3n) is 6.31. The summed E-state index contributed by atoms with van der Waals surface area (Å²) in [6.45, 7) is 5.35. The number of hydrogen-bond donors (Lipinski definition) is 1. The zero-order valence-corrected chi connectivity index (χ0v) is 18.8. The van der Waals surface area contributed by atoms with Crippen molar-refractivity contribution in [3.05, 3.63) is 68.0 Å². The highest BCUT2D eigenvalue weighted by molar-refractivity contribution is 5.97. The van der Waals surface area contributed by atoms with E-state index >= 15 is 0 Å². The van der Waals surface area contributed by atoms with Gasteiger partial charge in [0.25, 0.3) is 5.56 Å². The number of ketones is 1. The Balaban J connectivity index is 1.69. The molecule has 170 valence electrons. The van der Waals surface area contributed by atoms with Gasteiger partial charge in [0, 0.05) is 37.1 Å². The van der Waals surface area contributed by atoms with Crippen LogP contribution in [-0.4, -0.2) is 32.6 Å². The van der Waals surface area contributed by atoms with Crippen molar-refractivity contribution in [3.8, 4) is 0 Å². The predicted octanol–water partition coefficient (Wildman–Crippen LogP) is 2.06. The van der Waals surface area contributed by atoms with E-state index < -0.39 is 11.2 Å². The standard InChI is InChI=1S/C23H29N5O4/c1-15-12-18(16(2)27(15)13-17-8-7-11-32-17)19(29)14-28-22(30)20(21(24)25(3)23(28)31)26-9-5-4-6-10-26/h7-8,11-12H,4-6,9-10,13-14,24H2,1-3H3. The average Bonchev–Trinajstić information content (AvgIpc) is 3.40. The minimum Gasteiger partial charge on any atom is -0.467 e. The van der Waals surface area contributed by atoms with Crippen LogP contribution in [0.1, 0.15) is 46.8 Å². The molecule has 32 heavy (non-hydrogen) atoms. The van der Waals surface area contributed by atoms with Crippen molar-refractivity contribution < 1.29 is 9.21 Å². The summed E-state index contributed by atoms with van der Waals surface area (Å²) in [6, 6.07) is 5.48. The molecule has 3 aromatic heterocycles. The second-order valence-electron chi connectivity index (χ2n) is 8.39. The number of rotatable bonds is 6. The monoisotopic (exact) mass is 439 g/mol. The van der Waals surface area contributed by atoms with E-state index in [9.17, 15) is 14.4 Å². The summed E-state index contributed by atoms with van der Waals surface area (Å²) in [7, 11) is 1.53. The number of aryl methyl sites for hydroxylation is 1. The molecule has 9 nitrogen and oxygen atoms in total. The van der Waals surface area contributed by atoms with Crippen LogP contribution in [0.5, 0.6) is 0 Å². The topological polar surface area (TPSA) is 108 Å². The Hall–Kier alpha value is -3.49. The Bertz CT molecular complexity index is 1260. The molecule has 0 amide bonds. The number of piperidine rings is 1. The lowest BCUT2D eigenvalue weighted by molar-refractivity contribution is 0.0968. The van der Waals surface area contributed by atoms with Crippen LogP contribution in [0.15, 0.2) is 38.5 Å². The molecule has 0 atom stereocenters. The summed E-state index contributed by atoms with van der Waals surface area (Å²) in [6.07, 6.45) is 4.63. The third-order valence-corrected chi connectivity index (χ3v) is 6.31. The van der Waals surface area contributed by atoms with Crippen LogP contribution in [0.3, 0.4) is 0 Å². The van der Waals surface area contributed by atoms with Crippen LogP contribution >= 0.6 is 0 Å². The van der Waals surface area contributed by atoms with Crippen molar-refractivity contribution in [1.82, 2.24) is 13.7 Å². The first-order valence-electron chi connectivity index (χ1n) is 10.9. The second-order valence-corrected chi connectivity index (χ2v) is 8.39. The average molecular weight is 440 g/mol. The third kappa shape index (κ3) is 3.79. The summed E-state index contributed by atoms with van der Waals surface area (Å²) in [5.41, 5.74) is 7.50. The number of furan rings is 1. The van der Waals surface area contributed by atoms with E-state index in [0.29, 0.717) is 30.9 Å². The quantitative estimate of drug-likeness (QED) is 0.589.